The number of rotatable bonds is 0. The van der Waals surface area contributed by atoms with Gasteiger partial charge in [-0.2, -0.15) is 0 Å². The van der Waals surface area contributed by atoms with E-state index in [-0.39, 0.29) is 17.6 Å². The van der Waals surface area contributed by atoms with Gasteiger partial charge in [0, 0.05) is 11.8 Å². The molecule has 0 aromatic heterocycles. The Balaban J connectivity index is 2.13. The van der Waals surface area contributed by atoms with Crippen molar-refractivity contribution in [1.29, 1.82) is 0 Å². The molecule has 0 saturated heterocycles. The summed E-state index contributed by atoms with van der Waals surface area (Å²) in [5.74, 6) is 0.0407. The molecule has 0 spiro atoms. The van der Waals surface area contributed by atoms with Crippen LogP contribution in [-0.4, -0.2) is 10.1 Å². The molecule has 2 atom stereocenters. The molecule has 1 nitrogen and oxygen atoms in total. The highest BCUT2D eigenvalue weighted by atomic mass is 35.5. The lowest BCUT2D eigenvalue weighted by Gasteiger charge is -2.41. The zero-order chi connectivity index (χ0) is 9.92. The minimum atomic E-state index is -1.17. The predicted molar refractivity (Wildman–Crippen MR) is 55.8 cm³/mol. The van der Waals surface area contributed by atoms with Crippen molar-refractivity contribution in [2.24, 2.45) is 5.92 Å². The van der Waals surface area contributed by atoms with Crippen molar-refractivity contribution in [2.45, 2.75) is 16.7 Å². The monoisotopic (exact) mass is 226 g/mol. The number of Topliss-reactive ketones (excluding diaryl/α,β-unsaturated/α-hetero) is 1. The van der Waals surface area contributed by atoms with Crippen LogP contribution >= 0.6 is 23.2 Å². The van der Waals surface area contributed by atoms with E-state index >= 15 is 0 Å². The van der Waals surface area contributed by atoms with Gasteiger partial charge in [-0.25, -0.2) is 0 Å². The maximum atomic E-state index is 11.6. The third-order valence-corrected chi connectivity index (χ3v) is 4.13. The van der Waals surface area contributed by atoms with Gasteiger partial charge in [-0.1, -0.05) is 47.5 Å². The summed E-state index contributed by atoms with van der Waals surface area (Å²) in [6, 6.07) is 8.02. The zero-order valence-electron chi connectivity index (χ0n) is 7.34. The van der Waals surface area contributed by atoms with E-state index in [4.69, 9.17) is 23.2 Å². The first-order valence-corrected chi connectivity index (χ1v) is 5.38. The molecular weight excluding hydrogens is 219 g/mol. The first-order chi connectivity index (χ1) is 6.62. The summed E-state index contributed by atoms with van der Waals surface area (Å²) in [7, 11) is 0. The molecule has 0 radical (unpaired) electrons. The molecule has 1 saturated carbocycles. The van der Waals surface area contributed by atoms with E-state index in [2.05, 4.69) is 0 Å². The molecule has 0 unspecified atom stereocenters. The fourth-order valence-electron chi connectivity index (χ4n) is 2.59. The van der Waals surface area contributed by atoms with E-state index in [1.54, 1.807) is 0 Å². The van der Waals surface area contributed by atoms with Gasteiger partial charge in [0.05, 0.1) is 0 Å². The number of halogens is 2. The highest BCUT2D eigenvalue weighted by Crippen LogP contribution is 2.59. The third-order valence-electron chi connectivity index (χ3n) is 3.29. The van der Waals surface area contributed by atoms with Gasteiger partial charge in [0.15, 0.2) is 10.1 Å². The lowest BCUT2D eigenvalue weighted by atomic mass is 9.72. The smallest absolute Gasteiger partial charge is 0.183 e. The molecule has 3 rings (SSSR count). The summed E-state index contributed by atoms with van der Waals surface area (Å²) in [5, 5.41) is 0. The molecule has 0 bridgehead atoms. The number of alkyl halides is 2. The summed E-state index contributed by atoms with van der Waals surface area (Å²) in [5.41, 5.74) is 2.38. The number of hydrogen-bond donors (Lipinski definition) is 0. The van der Waals surface area contributed by atoms with Crippen LogP contribution in [0.1, 0.15) is 17.0 Å². The number of carbonyl (C=O) groups excluding carboxylic acids is 1. The van der Waals surface area contributed by atoms with Gasteiger partial charge in [0.2, 0.25) is 0 Å². The molecule has 72 valence electrons. The average Bonchev–Trinajstić information content (AvgIpc) is 2.54. The number of fused-ring (bicyclic) bond motifs is 3. The fourth-order valence-corrected chi connectivity index (χ4v) is 3.41. The molecule has 14 heavy (non-hydrogen) atoms. The Morgan fingerprint density at radius 1 is 1.29 bits per heavy atom. The topological polar surface area (TPSA) is 17.1 Å². The Morgan fingerprint density at radius 2 is 2.00 bits per heavy atom. The van der Waals surface area contributed by atoms with E-state index in [1.165, 1.54) is 5.56 Å². The Hall–Kier alpha value is -0.530. The van der Waals surface area contributed by atoms with Crippen LogP contribution in [0.25, 0.3) is 0 Å². The highest BCUT2D eigenvalue weighted by Gasteiger charge is 2.63. The van der Waals surface area contributed by atoms with E-state index in [1.807, 2.05) is 24.3 Å². The Bertz CT molecular complexity index is 425. The SMILES string of the molecule is O=C1[C@@H]2Cc3ccccc3[C@H]2C1(Cl)Cl. The molecule has 3 heteroatoms. The second kappa shape index (κ2) is 2.53. The second-order valence-corrected chi connectivity index (χ2v) is 5.36. The van der Waals surface area contributed by atoms with Gasteiger partial charge in [-0.15, -0.1) is 0 Å². The van der Waals surface area contributed by atoms with Gasteiger partial charge in [-0.3, -0.25) is 4.79 Å². The lowest BCUT2D eigenvalue weighted by molar-refractivity contribution is -0.131. The largest absolute Gasteiger partial charge is 0.296 e. The van der Waals surface area contributed by atoms with E-state index in [9.17, 15) is 4.79 Å². The minimum absolute atomic E-state index is 0.0120. The molecule has 0 aliphatic heterocycles. The second-order valence-electron chi connectivity index (χ2n) is 3.97. The first-order valence-electron chi connectivity index (χ1n) is 4.62. The molecule has 1 aromatic rings. The van der Waals surface area contributed by atoms with Crippen LogP contribution in [0.4, 0.5) is 0 Å². The number of hydrogen-bond acceptors (Lipinski definition) is 1. The normalized spacial score (nSPS) is 32.0. The fraction of sp³-hybridized carbons (Fsp3) is 0.364. The molecule has 1 aromatic carbocycles. The minimum Gasteiger partial charge on any atom is -0.296 e. The van der Waals surface area contributed by atoms with Gasteiger partial charge >= 0.3 is 0 Å². The van der Waals surface area contributed by atoms with Crippen LogP contribution in [0, 0.1) is 5.92 Å². The van der Waals surface area contributed by atoms with E-state index in [0.29, 0.717) is 0 Å². The van der Waals surface area contributed by atoms with Crippen LogP contribution in [0.2, 0.25) is 0 Å². The van der Waals surface area contributed by atoms with Gasteiger partial charge in [0.1, 0.15) is 0 Å². The Morgan fingerprint density at radius 3 is 2.79 bits per heavy atom. The highest BCUT2D eigenvalue weighted by molar-refractivity contribution is 6.61. The zero-order valence-corrected chi connectivity index (χ0v) is 8.85. The summed E-state index contributed by atoms with van der Waals surface area (Å²) < 4.78 is -1.17. The van der Waals surface area contributed by atoms with Crippen molar-refractivity contribution in [3.63, 3.8) is 0 Å². The van der Waals surface area contributed by atoms with Crippen LogP contribution < -0.4 is 0 Å². The summed E-state index contributed by atoms with van der Waals surface area (Å²) in [6.45, 7) is 0. The van der Waals surface area contributed by atoms with Crippen LogP contribution in [0.15, 0.2) is 24.3 Å². The van der Waals surface area contributed by atoms with Crippen LogP contribution in [-0.2, 0) is 11.2 Å². The summed E-state index contributed by atoms with van der Waals surface area (Å²) in [4.78, 5) is 11.6. The van der Waals surface area contributed by atoms with Crippen molar-refractivity contribution in [3.05, 3.63) is 35.4 Å². The van der Waals surface area contributed by atoms with Crippen molar-refractivity contribution in [3.8, 4) is 0 Å². The summed E-state index contributed by atoms with van der Waals surface area (Å²) in [6.07, 6.45) is 0.806. The Kier molecular flexibility index (Phi) is 1.58. The van der Waals surface area contributed by atoms with Gasteiger partial charge in [0.25, 0.3) is 0 Å². The quantitative estimate of drug-likeness (QED) is 0.623. The van der Waals surface area contributed by atoms with Crippen molar-refractivity contribution in [1.82, 2.24) is 0 Å². The third kappa shape index (κ3) is 0.850. The van der Waals surface area contributed by atoms with Crippen molar-refractivity contribution >= 4 is 29.0 Å². The molecule has 2 aliphatic rings. The standard InChI is InChI=1S/C11H8Cl2O/c12-11(13)9-7-4-2-1-3-6(7)5-8(9)10(11)14/h1-4,8-9H,5H2/t8-,9-/m1/s1. The Labute approximate surface area is 92.0 Å². The molecular formula is C11H8Cl2O. The number of carbonyl (C=O) groups is 1. The van der Waals surface area contributed by atoms with E-state index < -0.39 is 4.33 Å². The van der Waals surface area contributed by atoms with Crippen molar-refractivity contribution < 1.29 is 4.79 Å². The van der Waals surface area contributed by atoms with E-state index in [0.717, 1.165) is 12.0 Å². The molecule has 0 heterocycles. The van der Waals surface area contributed by atoms with Crippen LogP contribution in [0.5, 0.6) is 0 Å². The lowest BCUT2D eigenvalue weighted by Crippen LogP contribution is -2.52. The maximum absolute atomic E-state index is 11.6. The average molecular weight is 227 g/mol. The molecule has 0 N–H and O–H groups in total. The summed E-state index contributed by atoms with van der Waals surface area (Å²) >= 11 is 12.0. The van der Waals surface area contributed by atoms with Crippen molar-refractivity contribution in [2.75, 3.05) is 0 Å². The molecule has 0 amide bonds. The van der Waals surface area contributed by atoms with Gasteiger partial charge in [-0.05, 0) is 17.5 Å². The number of benzene rings is 1. The molecule has 1 fully saturated rings. The first kappa shape index (κ1) is 8.75. The molecule has 2 aliphatic carbocycles. The predicted octanol–water partition coefficient (Wildman–Crippen LogP) is 2.70. The van der Waals surface area contributed by atoms with Crippen LogP contribution in [0.3, 0.4) is 0 Å². The number of ketones is 1. The van der Waals surface area contributed by atoms with Gasteiger partial charge < -0.3 is 0 Å². The maximum Gasteiger partial charge on any atom is 0.183 e.